The lowest BCUT2D eigenvalue weighted by molar-refractivity contribution is -0.115. The Labute approximate surface area is 129 Å². The second-order valence-electron chi connectivity index (χ2n) is 5.53. The van der Waals surface area contributed by atoms with Gasteiger partial charge in [0.2, 0.25) is 5.91 Å². The number of carbonyl (C=O) groups excluding carboxylic acids is 1. The zero-order valence-electron chi connectivity index (χ0n) is 12.7. The molecular weight excluding hydrogens is 282 g/mol. The lowest BCUT2D eigenvalue weighted by atomic mass is 9.93. The van der Waals surface area contributed by atoms with Gasteiger partial charge in [-0.05, 0) is 25.3 Å². The van der Waals surface area contributed by atoms with E-state index in [1.54, 1.807) is 24.1 Å². The fraction of sp³-hybridized carbons (Fsp3) is 0.533. The quantitative estimate of drug-likeness (QED) is 0.843. The number of hydrogen-bond donors (Lipinski definition) is 1. The monoisotopic (exact) mass is 303 g/mol. The Morgan fingerprint density at radius 3 is 3.05 bits per heavy atom. The van der Waals surface area contributed by atoms with Crippen molar-refractivity contribution >= 4 is 11.7 Å². The van der Waals surface area contributed by atoms with Crippen LogP contribution in [0.15, 0.2) is 24.5 Å². The molecule has 0 spiro atoms. The van der Waals surface area contributed by atoms with E-state index in [1.807, 2.05) is 16.9 Å². The molecule has 0 atom stereocenters. The number of nitrogens with zero attached hydrogens (tertiary/aromatic N) is 4. The molecule has 7 heteroatoms. The topological polar surface area (TPSA) is 74.0 Å². The van der Waals surface area contributed by atoms with E-state index in [-0.39, 0.29) is 5.91 Å². The van der Waals surface area contributed by atoms with Gasteiger partial charge in [-0.1, -0.05) is 0 Å². The van der Waals surface area contributed by atoms with Crippen molar-refractivity contribution in [1.82, 2.24) is 19.6 Å². The number of hydrogen-bond acceptors (Lipinski definition) is 4. The Morgan fingerprint density at radius 2 is 2.32 bits per heavy atom. The van der Waals surface area contributed by atoms with Crippen LogP contribution in [0, 0.1) is 0 Å². The third-order valence-electron chi connectivity index (χ3n) is 3.95. The van der Waals surface area contributed by atoms with Gasteiger partial charge in [-0.3, -0.25) is 14.2 Å². The van der Waals surface area contributed by atoms with Crippen molar-refractivity contribution in [3.63, 3.8) is 0 Å². The maximum atomic E-state index is 12.2. The van der Waals surface area contributed by atoms with Gasteiger partial charge in [0.05, 0.1) is 25.6 Å². The fourth-order valence-electron chi connectivity index (χ4n) is 2.53. The van der Waals surface area contributed by atoms with E-state index in [9.17, 15) is 4.79 Å². The molecule has 0 aromatic carbocycles. The largest absolute Gasteiger partial charge is 0.383 e. The first-order chi connectivity index (χ1) is 10.8. The zero-order valence-corrected chi connectivity index (χ0v) is 12.7. The number of ether oxygens (including phenoxy) is 1. The zero-order chi connectivity index (χ0) is 15.4. The molecular formula is C15H21N5O2. The molecule has 1 amide bonds. The van der Waals surface area contributed by atoms with Gasteiger partial charge in [0, 0.05) is 31.3 Å². The Bertz CT molecular complexity index is 629. The van der Waals surface area contributed by atoms with Crippen LogP contribution in [-0.4, -0.2) is 39.2 Å². The Hall–Kier alpha value is -2.15. The van der Waals surface area contributed by atoms with Crippen LogP contribution in [0.25, 0.3) is 0 Å². The van der Waals surface area contributed by atoms with Crippen LogP contribution in [0.2, 0.25) is 0 Å². The second-order valence-corrected chi connectivity index (χ2v) is 5.53. The first-order valence-electron chi connectivity index (χ1n) is 7.61. The van der Waals surface area contributed by atoms with Gasteiger partial charge in [-0.25, -0.2) is 0 Å². The summed E-state index contributed by atoms with van der Waals surface area (Å²) in [5, 5.41) is 11.4. The normalized spacial score (nSPS) is 14.8. The average molecular weight is 303 g/mol. The molecule has 0 unspecified atom stereocenters. The van der Waals surface area contributed by atoms with E-state index in [1.165, 1.54) is 6.42 Å². The summed E-state index contributed by atoms with van der Waals surface area (Å²) in [5.41, 5.74) is 0.959. The van der Waals surface area contributed by atoms with Crippen LogP contribution in [0.5, 0.6) is 0 Å². The van der Waals surface area contributed by atoms with Crippen LogP contribution in [0.4, 0.5) is 5.82 Å². The lowest BCUT2D eigenvalue weighted by Crippen LogP contribution is -2.23. The van der Waals surface area contributed by atoms with Crippen LogP contribution in [0.3, 0.4) is 0 Å². The second kappa shape index (κ2) is 6.74. The van der Waals surface area contributed by atoms with Crippen molar-refractivity contribution in [3.05, 3.63) is 30.2 Å². The van der Waals surface area contributed by atoms with Gasteiger partial charge >= 0.3 is 0 Å². The van der Waals surface area contributed by atoms with Crippen LogP contribution in [-0.2, 0) is 22.5 Å². The van der Waals surface area contributed by atoms with E-state index in [0.717, 1.165) is 18.5 Å². The molecule has 2 heterocycles. The SMILES string of the molecule is COCCn1ccc(NC(=O)Cc2ccnn2C2CCC2)n1. The number of amides is 1. The Morgan fingerprint density at radius 1 is 1.45 bits per heavy atom. The molecule has 1 aliphatic rings. The molecule has 1 N–H and O–H groups in total. The molecule has 0 radical (unpaired) electrons. The number of methoxy groups -OCH3 is 1. The van der Waals surface area contributed by atoms with Crippen LogP contribution >= 0.6 is 0 Å². The highest BCUT2D eigenvalue weighted by Gasteiger charge is 2.22. The molecule has 1 fully saturated rings. The lowest BCUT2D eigenvalue weighted by Gasteiger charge is -2.27. The van der Waals surface area contributed by atoms with Gasteiger partial charge in [0.1, 0.15) is 0 Å². The maximum Gasteiger partial charge on any atom is 0.231 e. The first-order valence-corrected chi connectivity index (χ1v) is 7.61. The highest BCUT2D eigenvalue weighted by Crippen LogP contribution is 2.31. The summed E-state index contributed by atoms with van der Waals surface area (Å²) >= 11 is 0. The minimum atomic E-state index is -0.0712. The molecule has 1 aliphatic carbocycles. The van der Waals surface area contributed by atoms with Crippen molar-refractivity contribution < 1.29 is 9.53 Å². The number of carbonyl (C=O) groups is 1. The first kappa shape index (κ1) is 14.8. The van der Waals surface area contributed by atoms with E-state index in [0.29, 0.717) is 31.4 Å². The molecule has 118 valence electrons. The van der Waals surface area contributed by atoms with Crippen molar-refractivity contribution in [2.24, 2.45) is 0 Å². The summed E-state index contributed by atoms with van der Waals surface area (Å²) < 4.78 is 8.73. The third kappa shape index (κ3) is 3.36. The van der Waals surface area contributed by atoms with E-state index >= 15 is 0 Å². The summed E-state index contributed by atoms with van der Waals surface area (Å²) in [7, 11) is 1.65. The van der Waals surface area contributed by atoms with E-state index in [2.05, 4.69) is 15.5 Å². The minimum absolute atomic E-state index is 0.0712. The highest BCUT2D eigenvalue weighted by atomic mass is 16.5. The predicted molar refractivity (Wildman–Crippen MR) is 81.6 cm³/mol. The average Bonchev–Trinajstić information content (AvgIpc) is 3.05. The summed E-state index contributed by atoms with van der Waals surface area (Å²) in [4.78, 5) is 12.2. The summed E-state index contributed by atoms with van der Waals surface area (Å²) in [6, 6.07) is 4.16. The third-order valence-corrected chi connectivity index (χ3v) is 3.95. The maximum absolute atomic E-state index is 12.2. The van der Waals surface area contributed by atoms with Crippen LogP contribution in [0.1, 0.15) is 31.0 Å². The van der Waals surface area contributed by atoms with Crippen molar-refractivity contribution in [1.29, 1.82) is 0 Å². The molecule has 0 bridgehead atoms. The van der Waals surface area contributed by atoms with E-state index < -0.39 is 0 Å². The summed E-state index contributed by atoms with van der Waals surface area (Å²) in [6.45, 7) is 1.26. The standard InChI is InChI=1S/C15H21N5O2/c1-22-10-9-19-8-6-14(18-19)17-15(21)11-13-5-7-16-20(13)12-3-2-4-12/h5-8,12H,2-4,9-11H2,1H3,(H,17,18,21). The van der Waals surface area contributed by atoms with Gasteiger partial charge in [-0.2, -0.15) is 10.2 Å². The molecule has 0 aliphatic heterocycles. The Balaban J connectivity index is 1.56. The predicted octanol–water partition coefficient (Wildman–Crippen LogP) is 1.63. The van der Waals surface area contributed by atoms with Crippen molar-refractivity contribution in [2.45, 2.75) is 38.3 Å². The summed E-state index contributed by atoms with van der Waals surface area (Å²) in [6.07, 6.45) is 7.46. The molecule has 2 aromatic heterocycles. The number of rotatable bonds is 7. The smallest absolute Gasteiger partial charge is 0.231 e. The highest BCUT2D eigenvalue weighted by molar-refractivity contribution is 5.91. The van der Waals surface area contributed by atoms with Gasteiger partial charge in [0.25, 0.3) is 0 Å². The van der Waals surface area contributed by atoms with Gasteiger partial charge in [0.15, 0.2) is 5.82 Å². The Kier molecular flexibility index (Phi) is 4.53. The molecule has 3 rings (SSSR count). The molecule has 22 heavy (non-hydrogen) atoms. The number of aromatic nitrogens is 4. The number of anilines is 1. The fourth-order valence-corrected chi connectivity index (χ4v) is 2.53. The van der Waals surface area contributed by atoms with Gasteiger partial charge < -0.3 is 10.1 Å². The molecule has 7 nitrogen and oxygen atoms in total. The van der Waals surface area contributed by atoms with E-state index in [4.69, 9.17) is 4.74 Å². The van der Waals surface area contributed by atoms with Crippen molar-refractivity contribution in [2.75, 3.05) is 19.0 Å². The van der Waals surface area contributed by atoms with Gasteiger partial charge in [-0.15, -0.1) is 0 Å². The summed E-state index contributed by atoms with van der Waals surface area (Å²) in [5.74, 6) is 0.494. The molecule has 0 saturated heterocycles. The minimum Gasteiger partial charge on any atom is -0.383 e. The van der Waals surface area contributed by atoms with Crippen molar-refractivity contribution in [3.8, 4) is 0 Å². The van der Waals surface area contributed by atoms with Crippen LogP contribution < -0.4 is 5.32 Å². The molecule has 1 saturated carbocycles. The number of nitrogens with one attached hydrogen (secondary N) is 1. The molecule has 2 aromatic rings.